The van der Waals surface area contributed by atoms with Gasteiger partial charge in [-0.15, -0.1) is 11.3 Å². The highest BCUT2D eigenvalue weighted by atomic mass is 32.1. The Bertz CT molecular complexity index is 779. The lowest BCUT2D eigenvalue weighted by atomic mass is 9.98. The van der Waals surface area contributed by atoms with Crippen molar-refractivity contribution in [1.29, 1.82) is 0 Å². The van der Waals surface area contributed by atoms with Crippen LogP contribution in [0.3, 0.4) is 0 Å². The Kier molecular flexibility index (Phi) is 4.90. The van der Waals surface area contributed by atoms with Crippen molar-refractivity contribution in [1.82, 2.24) is 4.90 Å². The second-order valence-electron chi connectivity index (χ2n) is 5.79. The molecule has 1 aliphatic heterocycles. The van der Waals surface area contributed by atoms with Gasteiger partial charge in [-0.2, -0.15) is 0 Å². The molecule has 0 saturated heterocycles. The van der Waals surface area contributed by atoms with Gasteiger partial charge in [0.05, 0.1) is 14.2 Å². The van der Waals surface area contributed by atoms with Gasteiger partial charge in [0.2, 0.25) is 5.91 Å². The Labute approximate surface area is 146 Å². The fraction of sp³-hybridized carbons (Fsp3) is 0.316. The van der Waals surface area contributed by atoms with E-state index in [0.29, 0.717) is 12.3 Å². The lowest BCUT2D eigenvalue weighted by Gasteiger charge is -2.28. The molecule has 1 aliphatic rings. The minimum Gasteiger partial charge on any atom is -0.493 e. The minimum absolute atomic E-state index is 0.0447. The van der Waals surface area contributed by atoms with Gasteiger partial charge in [-0.1, -0.05) is 0 Å². The molecule has 4 nitrogen and oxygen atoms in total. The Balaban J connectivity index is 1.76. The standard InChI is InChI=1S/C19H21NO3S/c1-13-7-9-24-18(13)4-5-19(21)20-8-6-14-10-16(22-2)17(23-3)11-15(14)12-20/h4-5,7,9-11H,6,8,12H2,1-3H3. The summed E-state index contributed by atoms with van der Waals surface area (Å²) in [4.78, 5) is 15.5. The van der Waals surface area contributed by atoms with Crippen LogP contribution in [0, 0.1) is 6.92 Å². The number of nitrogens with zero attached hydrogens (tertiary/aromatic N) is 1. The molecule has 0 radical (unpaired) electrons. The number of thiophene rings is 1. The van der Waals surface area contributed by atoms with E-state index >= 15 is 0 Å². The van der Waals surface area contributed by atoms with Crippen LogP contribution in [0.2, 0.25) is 0 Å². The molecule has 0 N–H and O–H groups in total. The first-order valence-corrected chi connectivity index (χ1v) is 8.75. The van der Waals surface area contributed by atoms with E-state index in [1.54, 1.807) is 31.6 Å². The summed E-state index contributed by atoms with van der Waals surface area (Å²) in [5.41, 5.74) is 3.53. The fourth-order valence-electron chi connectivity index (χ4n) is 2.88. The van der Waals surface area contributed by atoms with Gasteiger partial charge in [0.15, 0.2) is 11.5 Å². The van der Waals surface area contributed by atoms with Crippen molar-refractivity contribution in [2.45, 2.75) is 19.9 Å². The number of hydrogen-bond acceptors (Lipinski definition) is 4. The minimum atomic E-state index is 0.0447. The summed E-state index contributed by atoms with van der Waals surface area (Å²) in [6.07, 6.45) is 4.41. The number of methoxy groups -OCH3 is 2. The first-order valence-electron chi connectivity index (χ1n) is 7.87. The first-order chi connectivity index (χ1) is 11.6. The lowest BCUT2D eigenvalue weighted by Crippen LogP contribution is -2.34. The van der Waals surface area contributed by atoms with Gasteiger partial charge < -0.3 is 14.4 Å². The molecule has 1 aromatic carbocycles. The molecular formula is C19H21NO3S. The van der Waals surface area contributed by atoms with Crippen LogP contribution in [0.4, 0.5) is 0 Å². The summed E-state index contributed by atoms with van der Waals surface area (Å²) < 4.78 is 10.7. The third-order valence-electron chi connectivity index (χ3n) is 4.31. The summed E-state index contributed by atoms with van der Waals surface area (Å²) >= 11 is 1.65. The van der Waals surface area contributed by atoms with Crippen molar-refractivity contribution in [2.24, 2.45) is 0 Å². The Hall–Kier alpha value is -2.27. The number of hydrogen-bond donors (Lipinski definition) is 0. The zero-order valence-corrected chi connectivity index (χ0v) is 15.0. The summed E-state index contributed by atoms with van der Waals surface area (Å²) in [6.45, 7) is 3.37. The summed E-state index contributed by atoms with van der Waals surface area (Å²) in [7, 11) is 3.27. The van der Waals surface area contributed by atoms with Crippen LogP contribution in [-0.4, -0.2) is 31.6 Å². The van der Waals surface area contributed by atoms with Crippen molar-refractivity contribution in [3.8, 4) is 11.5 Å². The Morgan fingerprint density at radius 2 is 1.92 bits per heavy atom. The van der Waals surface area contributed by atoms with Gasteiger partial charge in [-0.3, -0.25) is 4.79 Å². The van der Waals surface area contributed by atoms with Crippen LogP contribution < -0.4 is 9.47 Å². The average molecular weight is 343 g/mol. The van der Waals surface area contributed by atoms with Gasteiger partial charge in [0.25, 0.3) is 0 Å². The van der Waals surface area contributed by atoms with E-state index in [4.69, 9.17) is 9.47 Å². The van der Waals surface area contributed by atoms with Gasteiger partial charge in [0, 0.05) is 24.0 Å². The summed E-state index contributed by atoms with van der Waals surface area (Å²) in [5, 5.41) is 2.04. The molecule has 2 aromatic rings. The SMILES string of the molecule is COc1cc2c(cc1OC)CN(C(=O)C=Cc1sccc1C)CC2. The Morgan fingerprint density at radius 1 is 1.21 bits per heavy atom. The molecule has 0 fully saturated rings. The third kappa shape index (κ3) is 3.31. The van der Waals surface area contributed by atoms with Crippen molar-refractivity contribution in [2.75, 3.05) is 20.8 Å². The molecule has 0 bridgehead atoms. The third-order valence-corrected chi connectivity index (χ3v) is 5.29. The molecule has 24 heavy (non-hydrogen) atoms. The van der Waals surface area contributed by atoms with Crippen LogP contribution in [0.1, 0.15) is 21.6 Å². The fourth-order valence-corrected chi connectivity index (χ4v) is 3.70. The molecule has 0 aliphatic carbocycles. The maximum atomic E-state index is 12.5. The maximum absolute atomic E-state index is 12.5. The van der Waals surface area contributed by atoms with Crippen LogP contribution >= 0.6 is 11.3 Å². The molecular weight excluding hydrogens is 322 g/mol. The molecule has 5 heteroatoms. The second-order valence-corrected chi connectivity index (χ2v) is 6.73. The number of carbonyl (C=O) groups is 1. The maximum Gasteiger partial charge on any atom is 0.246 e. The van der Waals surface area contributed by atoms with E-state index in [-0.39, 0.29) is 5.91 Å². The second kappa shape index (κ2) is 7.09. The van der Waals surface area contributed by atoms with E-state index in [1.807, 2.05) is 28.5 Å². The van der Waals surface area contributed by atoms with Crippen molar-refractivity contribution in [3.05, 3.63) is 51.2 Å². The van der Waals surface area contributed by atoms with Crippen LogP contribution in [-0.2, 0) is 17.8 Å². The first kappa shape index (κ1) is 16.6. The number of amides is 1. The number of fused-ring (bicyclic) bond motifs is 1. The predicted molar refractivity (Wildman–Crippen MR) is 96.8 cm³/mol. The highest BCUT2D eigenvalue weighted by molar-refractivity contribution is 7.11. The highest BCUT2D eigenvalue weighted by Gasteiger charge is 2.21. The Morgan fingerprint density at radius 3 is 2.54 bits per heavy atom. The van der Waals surface area contributed by atoms with Crippen LogP contribution in [0.5, 0.6) is 11.5 Å². The number of carbonyl (C=O) groups excluding carboxylic acids is 1. The van der Waals surface area contributed by atoms with Crippen molar-refractivity contribution in [3.63, 3.8) is 0 Å². The van der Waals surface area contributed by atoms with E-state index in [9.17, 15) is 4.79 Å². The normalized spacial score (nSPS) is 13.9. The molecule has 1 amide bonds. The molecule has 0 spiro atoms. The van der Waals surface area contributed by atoms with Crippen LogP contribution in [0.25, 0.3) is 6.08 Å². The van der Waals surface area contributed by atoms with E-state index in [1.165, 1.54) is 11.1 Å². The quantitative estimate of drug-likeness (QED) is 0.795. The number of benzene rings is 1. The number of ether oxygens (including phenoxy) is 2. The van der Waals surface area contributed by atoms with E-state index in [0.717, 1.165) is 29.2 Å². The summed E-state index contributed by atoms with van der Waals surface area (Å²) in [5.74, 6) is 1.49. The van der Waals surface area contributed by atoms with Crippen LogP contribution in [0.15, 0.2) is 29.7 Å². The zero-order chi connectivity index (χ0) is 17.1. The molecule has 0 atom stereocenters. The molecule has 3 rings (SSSR count). The number of rotatable bonds is 4. The van der Waals surface area contributed by atoms with Gasteiger partial charge in [0.1, 0.15) is 0 Å². The average Bonchev–Trinajstić information content (AvgIpc) is 3.02. The highest BCUT2D eigenvalue weighted by Crippen LogP contribution is 2.33. The van der Waals surface area contributed by atoms with Gasteiger partial charge >= 0.3 is 0 Å². The predicted octanol–water partition coefficient (Wildman–Crippen LogP) is 3.67. The lowest BCUT2D eigenvalue weighted by molar-refractivity contribution is -0.126. The van der Waals surface area contributed by atoms with Crippen molar-refractivity contribution >= 4 is 23.3 Å². The molecule has 0 unspecified atom stereocenters. The smallest absolute Gasteiger partial charge is 0.246 e. The summed E-state index contributed by atoms with van der Waals surface area (Å²) in [6, 6.07) is 6.05. The van der Waals surface area contributed by atoms with Gasteiger partial charge in [-0.05, 0) is 59.7 Å². The molecule has 126 valence electrons. The van der Waals surface area contributed by atoms with Gasteiger partial charge in [-0.25, -0.2) is 0 Å². The number of aryl methyl sites for hydroxylation is 1. The van der Waals surface area contributed by atoms with Crippen molar-refractivity contribution < 1.29 is 14.3 Å². The van der Waals surface area contributed by atoms with E-state index < -0.39 is 0 Å². The molecule has 2 heterocycles. The van der Waals surface area contributed by atoms with E-state index in [2.05, 4.69) is 13.0 Å². The monoisotopic (exact) mass is 343 g/mol. The topological polar surface area (TPSA) is 38.8 Å². The molecule has 1 aromatic heterocycles. The molecule has 0 saturated carbocycles. The zero-order valence-electron chi connectivity index (χ0n) is 14.2. The largest absolute Gasteiger partial charge is 0.493 e.